The van der Waals surface area contributed by atoms with Gasteiger partial charge in [-0.05, 0) is 49.3 Å². The van der Waals surface area contributed by atoms with E-state index >= 15 is 0 Å². The van der Waals surface area contributed by atoms with Crippen LogP contribution in [0.15, 0.2) is 50.8 Å². The van der Waals surface area contributed by atoms with Gasteiger partial charge in [0.25, 0.3) is 5.89 Å². The molecule has 0 amide bonds. The number of allylic oxidation sites excluding steroid dienone is 4. The van der Waals surface area contributed by atoms with Crippen molar-refractivity contribution in [2.75, 3.05) is 5.75 Å². The molecule has 3 aromatic rings. The predicted octanol–water partition coefficient (Wildman–Crippen LogP) is 8.49. The van der Waals surface area contributed by atoms with Crippen LogP contribution in [0.2, 0.25) is 10.0 Å². The minimum atomic E-state index is -4.48. The van der Waals surface area contributed by atoms with Crippen LogP contribution in [0.3, 0.4) is 0 Å². The molecule has 12 heteroatoms. The number of benzene rings is 1. The van der Waals surface area contributed by atoms with Gasteiger partial charge in [-0.1, -0.05) is 60.3 Å². The molecule has 0 saturated heterocycles. The molecule has 1 unspecified atom stereocenters. The molecule has 5 rings (SSSR count). The van der Waals surface area contributed by atoms with E-state index in [-0.39, 0.29) is 24.7 Å². The van der Waals surface area contributed by atoms with Crippen LogP contribution in [-0.2, 0) is 5.41 Å². The van der Waals surface area contributed by atoms with Crippen molar-refractivity contribution in [3.05, 3.63) is 63.1 Å². The monoisotopic (exact) mass is 574 g/mol. The van der Waals surface area contributed by atoms with Crippen LogP contribution in [0, 0.1) is 0 Å². The third kappa shape index (κ3) is 4.38. The second kappa shape index (κ2) is 9.74. The Kier molecular flexibility index (Phi) is 6.95. The highest BCUT2D eigenvalue weighted by molar-refractivity contribution is 7.99. The van der Waals surface area contributed by atoms with Crippen molar-refractivity contribution in [1.82, 2.24) is 20.0 Å². The molecule has 2 aliphatic rings. The Morgan fingerprint density at radius 2 is 1.97 bits per heavy atom. The zero-order valence-corrected chi connectivity index (χ0v) is 22.0. The Morgan fingerprint density at radius 3 is 2.56 bits per heavy atom. The minimum Gasteiger partial charge on any atom is -0.418 e. The molecule has 190 valence electrons. The maximum atomic E-state index is 13.9. The lowest BCUT2D eigenvalue weighted by atomic mass is 9.68. The SMILES string of the molecule is CCSc1c(-c2nnc(C3(C(F)(F)F)CCC3)o2)nn(-c2ccc(Cl)cc2Cl)c1C1C=CC(Cl)=CC1. The lowest BCUT2D eigenvalue weighted by Gasteiger charge is -2.39. The topological polar surface area (TPSA) is 56.7 Å². The quantitative estimate of drug-likeness (QED) is 0.276. The van der Waals surface area contributed by atoms with Crippen molar-refractivity contribution in [1.29, 1.82) is 0 Å². The molecule has 36 heavy (non-hydrogen) atoms. The fraction of sp³-hybridized carbons (Fsp3) is 0.375. The van der Waals surface area contributed by atoms with Crippen LogP contribution in [-0.4, -0.2) is 31.9 Å². The number of thioether (sulfide) groups is 1. The Balaban J connectivity index is 1.69. The van der Waals surface area contributed by atoms with E-state index in [2.05, 4.69) is 10.2 Å². The van der Waals surface area contributed by atoms with E-state index < -0.39 is 17.5 Å². The highest BCUT2D eigenvalue weighted by atomic mass is 35.5. The molecule has 1 atom stereocenters. The van der Waals surface area contributed by atoms with Crippen LogP contribution >= 0.6 is 46.6 Å². The molecule has 1 saturated carbocycles. The number of hydrogen-bond acceptors (Lipinski definition) is 5. The van der Waals surface area contributed by atoms with Gasteiger partial charge in [0, 0.05) is 16.0 Å². The van der Waals surface area contributed by atoms with Gasteiger partial charge in [-0.2, -0.15) is 18.3 Å². The van der Waals surface area contributed by atoms with Crippen molar-refractivity contribution in [2.24, 2.45) is 0 Å². The smallest absolute Gasteiger partial charge is 0.403 e. The van der Waals surface area contributed by atoms with Gasteiger partial charge < -0.3 is 4.42 Å². The standard InChI is InChI=1S/C24H20Cl3F3N4OS/c1-2-36-20-18(21-31-32-22(35-21)23(10-3-11-23)24(28,29)30)33-34(17-9-8-15(26)12-16(17)27)19(20)13-4-6-14(25)7-5-13/h4,6-9,12-13H,2-3,5,10-11H2,1H3. The summed E-state index contributed by atoms with van der Waals surface area (Å²) in [5, 5.41) is 14.1. The lowest BCUT2D eigenvalue weighted by molar-refractivity contribution is -0.219. The Bertz CT molecular complexity index is 1360. The summed E-state index contributed by atoms with van der Waals surface area (Å²) in [4.78, 5) is 0.731. The maximum Gasteiger partial charge on any atom is 0.403 e. The van der Waals surface area contributed by atoms with Gasteiger partial charge in [-0.25, -0.2) is 4.68 Å². The lowest BCUT2D eigenvalue weighted by Crippen LogP contribution is -2.48. The summed E-state index contributed by atoms with van der Waals surface area (Å²) in [6.45, 7) is 1.98. The zero-order chi connectivity index (χ0) is 25.7. The summed E-state index contributed by atoms with van der Waals surface area (Å²) in [7, 11) is 0. The fourth-order valence-corrected chi connectivity index (χ4v) is 6.05. The summed E-state index contributed by atoms with van der Waals surface area (Å²) < 4.78 is 49.1. The normalized spacial score (nSPS) is 19.3. The largest absolute Gasteiger partial charge is 0.418 e. The number of hydrogen-bond donors (Lipinski definition) is 0. The average molecular weight is 576 g/mol. The molecule has 2 aromatic heterocycles. The molecule has 0 N–H and O–H groups in total. The van der Waals surface area contributed by atoms with E-state index in [0.29, 0.717) is 45.1 Å². The molecule has 2 aliphatic carbocycles. The van der Waals surface area contributed by atoms with E-state index in [4.69, 9.17) is 44.3 Å². The van der Waals surface area contributed by atoms with E-state index in [1.165, 1.54) is 11.8 Å². The molecule has 0 aliphatic heterocycles. The number of alkyl halides is 3. The van der Waals surface area contributed by atoms with E-state index in [1.807, 2.05) is 25.2 Å². The number of aromatic nitrogens is 4. The van der Waals surface area contributed by atoms with E-state index in [1.54, 1.807) is 22.9 Å². The van der Waals surface area contributed by atoms with Gasteiger partial charge in [-0.3, -0.25) is 0 Å². The summed E-state index contributed by atoms with van der Waals surface area (Å²) in [6, 6.07) is 5.05. The molecular formula is C24H20Cl3F3N4OS. The molecule has 2 heterocycles. The molecular weight excluding hydrogens is 556 g/mol. The Hall–Kier alpha value is -1.94. The van der Waals surface area contributed by atoms with E-state index in [9.17, 15) is 13.2 Å². The molecule has 1 aromatic carbocycles. The molecule has 1 fully saturated rings. The summed E-state index contributed by atoms with van der Waals surface area (Å²) >= 11 is 20.3. The highest BCUT2D eigenvalue weighted by Crippen LogP contribution is 2.54. The van der Waals surface area contributed by atoms with E-state index in [0.717, 1.165) is 10.6 Å². The van der Waals surface area contributed by atoms with Gasteiger partial charge >= 0.3 is 6.18 Å². The van der Waals surface area contributed by atoms with Crippen molar-refractivity contribution in [3.63, 3.8) is 0 Å². The highest BCUT2D eigenvalue weighted by Gasteiger charge is 2.63. The first-order chi connectivity index (χ1) is 17.1. The van der Waals surface area contributed by atoms with Crippen LogP contribution in [0.5, 0.6) is 0 Å². The molecule has 0 bridgehead atoms. The zero-order valence-electron chi connectivity index (χ0n) is 19.0. The second-order valence-electron chi connectivity index (χ2n) is 8.64. The molecule has 0 radical (unpaired) electrons. The second-order valence-corrected chi connectivity index (χ2v) is 11.2. The minimum absolute atomic E-state index is 0.0603. The summed E-state index contributed by atoms with van der Waals surface area (Å²) in [5.74, 6) is 0.0807. The summed E-state index contributed by atoms with van der Waals surface area (Å²) in [6.07, 6.45) is 2.11. The summed E-state index contributed by atoms with van der Waals surface area (Å²) in [5.41, 5.74) is -0.423. The van der Waals surface area contributed by atoms with Crippen LogP contribution < -0.4 is 0 Å². The fourth-order valence-electron chi connectivity index (χ4n) is 4.46. The number of halogens is 6. The predicted molar refractivity (Wildman–Crippen MR) is 135 cm³/mol. The third-order valence-corrected chi connectivity index (χ3v) is 8.29. The first-order valence-corrected chi connectivity index (χ1v) is 13.4. The van der Waals surface area contributed by atoms with Crippen molar-refractivity contribution in [3.8, 4) is 17.3 Å². The van der Waals surface area contributed by atoms with Gasteiger partial charge in [0.2, 0.25) is 5.89 Å². The Morgan fingerprint density at radius 1 is 1.19 bits per heavy atom. The van der Waals surface area contributed by atoms with Gasteiger partial charge in [0.05, 0.1) is 21.3 Å². The van der Waals surface area contributed by atoms with Crippen LogP contribution in [0.4, 0.5) is 13.2 Å². The number of rotatable bonds is 6. The third-order valence-electron chi connectivity index (χ3n) is 6.49. The van der Waals surface area contributed by atoms with Gasteiger partial charge in [-0.15, -0.1) is 22.0 Å². The Labute approximate surface area is 224 Å². The van der Waals surface area contributed by atoms with Crippen molar-refractivity contribution >= 4 is 46.6 Å². The maximum absolute atomic E-state index is 13.9. The van der Waals surface area contributed by atoms with Crippen molar-refractivity contribution < 1.29 is 17.6 Å². The first-order valence-electron chi connectivity index (χ1n) is 11.3. The van der Waals surface area contributed by atoms with Crippen LogP contribution in [0.1, 0.15) is 50.1 Å². The van der Waals surface area contributed by atoms with Crippen molar-refractivity contribution in [2.45, 2.75) is 55.0 Å². The van der Waals surface area contributed by atoms with Gasteiger partial charge in [0.1, 0.15) is 5.41 Å². The number of nitrogens with zero attached hydrogens (tertiary/aromatic N) is 4. The van der Waals surface area contributed by atoms with Crippen LogP contribution in [0.25, 0.3) is 17.3 Å². The molecule has 5 nitrogen and oxygen atoms in total. The molecule has 0 spiro atoms. The first kappa shape index (κ1) is 25.7. The average Bonchev–Trinajstić information content (AvgIpc) is 3.38. The van der Waals surface area contributed by atoms with Gasteiger partial charge in [0.15, 0.2) is 5.69 Å².